The van der Waals surface area contributed by atoms with Crippen LogP contribution in [0.5, 0.6) is 0 Å². The van der Waals surface area contributed by atoms with E-state index in [-0.39, 0.29) is 11.5 Å². The van der Waals surface area contributed by atoms with E-state index in [1.807, 2.05) is 44.5 Å². The summed E-state index contributed by atoms with van der Waals surface area (Å²) in [4.78, 5) is 4.24. The molecule has 1 rings (SSSR count). The van der Waals surface area contributed by atoms with Gasteiger partial charge in [-0.05, 0) is 20.8 Å². The number of nitrogens with zero attached hydrogens (tertiary/aromatic N) is 2. The molecule has 92 valence electrons. The molecule has 5 heteroatoms. The second-order valence-corrected chi connectivity index (χ2v) is 4.56. The predicted octanol–water partition coefficient (Wildman–Crippen LogP) is 2.04. The van der Waals surface area contributed by atoms with Gasteiger partial charge in [0.1, 0.15) is 0 Å². The van der Waals surface area contributed by atoms with E-state index in [1.54, 1.807) is 12.1 Å². The van der Waals surface area contributed by atoms with Crippen LogP contribution in [0.2, 0.25) is 0 Å². The Morgan fingerprint density at radius 2 is 1.76 bits per heavy atom. The summed E-state index contributed by atoms with van der Waals surface area (Å²) in [6, 6.07) is 9.01. The molecule has 1 aromatic rings. The average Bonchev–Trinajstić information content (AvgIpc) is 2.28. The van der Waals surface area contributed by atoms with Crippen molar-refractivity contribution in [1.29, 1.82) is 0 Å². The van der Waals surface area contributed by atoms with Gasteiger partial charge in [0.05, 0.1) is 5.54 Å². The number of oxime groups is 1. The lowest BCUT2D eigenvalue weighted by Crippen LogP contribution is -2.32. The van der Waals surface area contributed by atoms with Crippen LogP contribution < -0.4 is 5.48 Å². The van der Waals surface area contributed by atoms with Crippen LogP contribution in [0.3, 0.4) is 0 Å². The van der Waals surface area contributed by atoms with E-state index in [2.05, 4.69) is 10.1 Å². The molecular formula is C12H17N3O2. The molecule has 0 atom stereocenters. The van der Waals surface area contributed by atoms with Crippen molar-refractivity contribution < 1.29 is 10.4 Å². The number of amidine groups is 1. The number of nitrogens with one attached hydrogen (secondary N) is 1. The minimum absolute atomic E-state index is 0.131. The van der Waals surface area contributed by atoms with E-state index in [1.165, 1.54) is 0 Å². The molecule has 5 nitrogen and oxygen atoms in total. The van der Waals surface area contributed by atoms with Crippen LogP contribution in [-0.4, -0.2) is 27.5 Å². The van der Waals surface area contributed by atoms with Gasteiger partial charge in [-0.25, -0.2) is 0 Å². The number of hydrogen-bond acceptors (Lipinski definition) is 4. The maximum Gasteiger partial charge on any atom is 0.175 e. The lowest BCUT2D eigenvalue weighted by Gasteiger charge is -2.15. The van der Waals surface area contributed by atoms with Crippen molar-refractivity contribution in [2.45, 2.75) is 26.3 Å². The van der Waals surface area contributed by atoms with Gasteiger partial charge in [-0.15, -0.1) is 0 Å². The lowest BCUT2D eigenvalue weighted by molar-refractivity contribution is 0.234. The van der Waals surface area contributed by atoms with Gasteiger partial charge in [0.25, 0.3) is 0 Å². The first-order valence-electron chi connectivity index (χ1n) is 5.26. The van der Waals surface area contributed by atoms with Gasteiger partial charge < -0.3 is 5.21 Å². The third-order valence-electron chi connectivity index (χ3n) is 1.92. The van der Waals surface area contributed by atoms with E-state index in [9.17, 15) is 0 Å². The minimum atomic E-state index is -0.393. The van der Waals surface area contributed by atoms with Crippen LogP contribution in [-0.2, 0) is 0 Å². The second kappa shape index (κ2) is 5.45. The number of aliphatic imine (C=N–C) groups is 1. The quantitative estimate of drug-likeness (QED) is 0.318. The Bertz CT molecular complexity index is 419. The van der Waals surface area contributed by atoms with Crippen LogP contribution in [0.1, 0.15) is 26.3 Å². The van der Waals surface area contributed by atoms with Crippen LogP contribution in [0, 0.1) is 0 Å². The number of benzene rings is 1. The van der Waals surface area contributed by atoms with Gasteiger partial charge in [0.2, 0.25) is 0 Å². The first-order chi connectivity index (χ1) is 7.98. The van der Waals surface area contributed by atoms with Crippen molar-refractivity contribution in [2.75, 3.05) is 0 Å². The van der Waals surface area contributed by atoms with E-state index in [4.69, 9.17) is 10.4 Å². The molecule has 0 amide bonds. The molecule has 0 fully saturated rings. The Labute approximate surface area is 100 Å². The van der Waals surface area contributed by atoms with Crippen LogP contribution >= 0.6 is 0 Å². The molecule has 17 heavy (non-hydrogen) atoms. The maximum absolute atomic E-state index is 9.08. The molecule has 3 N–H and O–H groups in total. The van der Waals surface area contributed by atoms with Gasteiger partial charge in [0.15, 0.2) is 11.5 Å². The highest BCUT2D eigenvalue weighted by atomic mass is 16.5. The largest absolute Gasteiger partial charge is 0.410 e. The molecule has 0 radical (unpaired) electrons. The fourth-order valence-electron chi connectivity index (χ4n) is 1.30. The van der Waals surface area contributed by atoms with Crippen molar-refractivity contribution in [2.24, 2.45) is 10.1 Å². The third-order valence-corrected chi connectivity index (χ3v) is 1.92. The second-order valence-electron chi connectivity index (χ2n) is 4.56. The molecule has 0 bridgehead atoms. The maximum atomic E-state index is 9.08. The molecule has 0 heterocycles. The van der Waals surface area contributed by atoms with Crippen molar-refractivity contribution in [3.63, 3.8) is 0 Å². The monoisotopic (exact) mass is 235 g/mol. The van der Waals surface area contributed by atoms with Crippen molar-refractivity contribution >= 4 is 11.5 Å². The van der Waals surface area contributed by atoms with Crippen LogP contribution in [0.4, 0.5) is 0 Å². The normalized spacial score (nSPS) is 13.6. The zero-order chi connectivity index (χ0) is 12.9. The first kappa shape index (κ1) is 13.2. The molecule has 0 aliphatic carbocycles. The average molecular weight is 235 g/mol. The number of hydroxylamine groups is 1. The van der Waals surface area contributed by atoms with Gasteiger partial charge >= 0.3 is 0 Å². The van der Waals surface area contributed by atoms with Crippen molar-refractivity contribution in [1.82, 2.24) is 5.48 Å². The molecule has 0 saturated carbocycles. The van der Waals surface area contributed by atoms with Gasteiger partial charge in [-0.3, -0.25) is 15.7 Å². The topological polar surface area (TPSA) is 77.2 Å². The molecule has 0 aliphatic heterocycles. The fraction of sp³-hybridized carbons (Fsp3) is 0.333. The highest BCUT2D eigenvalue weighted by molar-refractivity contribution is 6.47. The summed E-state index contributed by atoms with van der Waals surface area (Å²) in [5.41, 5.74) is 2.44. The number of rotatable bonds is 2. The lowest BCUT2D eigenvalue weighted by atomic mass is 10.1. The van der Waals surface area contributed by atoms with Gasteiger partial charge in [0, 0.05) is 5.56 Å². The van der Waals surface area contributed by atoms with Gasteiger partial charge in [-0.2, -0.15) is 0 Å². The van der Waals surface area contributed by atoms with E-state index < -0.39 is 5.54 Å². The first-order valence-corrected chi connectivity index (χ1v) is 5.26. The highest BCUT2D eigenvalue weighted by Crippen LogP contribution is 2.09. The highest BCUT2D eigenvalue weighted by Gasteiger charge is 2.16. The molecular weight excluding hydrogens is 218 g/mol. The van der Waals surface area contributed by atoms with Crippen LogP contribution in [0.25, 0.3) is 0 Å². The Balaban J connectivity index is 3.15. The summed E-state index contributed by atoms with van der Waals surface area (Å²) in [5.74, 6) is 0.131. The smallest absolute Gasteiger partial charge is 0.175 e. The molecule has 0 spiro atoms. The zero-order valence-electron chi connectivity index (χ0n) is 10.2. The standard InChI is InChI=1S/C12H17N3O2/c1-12(2,3)13-11(15-17)10(14-16)9-7-5-4-6-8-9/h4-8,16-17H,1-3H3,(H,13,15)/b14-10-. The Morgan fingerprint density at radius 1 is 1.18 bits per heavy atom. The summed E-state index contributed by atoms with van der Waals surface area (Å²) in [7, 11) is 0. The van der Waals surface area contributed by atoms with Crippen molar-refractivity contribution in [3.05, 3.63) is 35.9 Å². The summed E-state index contributed by atoms with van der Waals surface area (Å²) in [6.07, 6.45) is 0. The Kier molecular flexibility index (Phi) is 4.23. The Morgan fingerprint density at radius 3 is 2.18 bits per heavy atom. The summed E-state index contributed by atoms with van der Waals surface area (Å²) >= 11 is 0. The number of hydrogen-bond donors (Lipinski definition) is 3. The van der Waals surface area contributed by atoms with Crippen LogP contribution in [0.15, 0.2) is 40.5 Å². The van der Waals surface area contributed by atoms with E-state index in [0.717, 1.165) is 0 Å². The summed E-state index contributed by atoms with van der Waals surface area (Å²) in [6.45, 7) is 5.64. The SMILES string of the molecule is CC(C)(C)N=C(NO)/C(=N\O)c1ccccc1. The zero-order valence-corrected chi connectivity index (χ0v) is 10.2. The van der Waals surface area contributed by atoms with E-state index in [0.29, 0.717) is 5.56 Å². The predicted molar refractivity (Wildman–Crippen MR) is 66.9 cm³/mol. The Hall–Kier alpha value is -1.88. The molecule has 0 unspecified atom stereocenters. The summed E-state index contributed by atoms with van der Waals surface area (Å²) < 4.78 is 0. The minimum Gasteiger partial charge on any atom is -0.410 e. The fourth-order valence-corrected chi connectivity index (χ4v) is 1.30. The molecule has 0 aliphatic rings. The van der Waals surface area contributed by atoms with Crippen molar-refractivity contribution in [3.8, 4) is 0 Å². The molecule has 1 aromatic carbocycles. The molecule has 0 aromatic heterocycles. The summed E-state index contributed by atoms with van der Waals surface area (Å²) in [5, 5.41) is 21.3. The molecule has 0 saturated heterocycles. The third kappa shape index (κ3) is 3.88. The van der Waals surface area contributed by atoms with Gasteiger partial charge in [-0.1, -0.05) is 35.5 Å². The van der Waals surface area contributed by atoms with E-state index >= 15 is 0 Å².